The van der Waals surface area contributed by atoms with E-state index in [1.165, 1.54) is 11.8 Å². The van der Waals surface area contributed by atoms with Gasteiger partial charge in [-0.25, -0.2) is 4.98 Å². The van der Waals surface area contributed by atoms with E-state index in [0.29, 0.717) is 28.2 Å². The standard InChI is InChI=1S/C24H27N5O4S/c30-21(26-27-22(31)18-7-2-1-3-8-18)17-34-24-25-20-10-5-4-9-19(20)23(32)29(24)12-6-11-28-13-15-33-16-14-28/h1-5,7-10H,6,11-17H2,(H,26,30)(H,27,31). The van der Waals surface area contributed by atoms with Gasteiger partial charge < -0.3 is 4.74 Å². The lowest BCUT2D eigenvalue weighted by Gasteiger charge is -2.26. The van der Waals surface area contributed by atoms with Crippen molar-refractivity contribution in [1.29, 1.82) is 0 Å². The van der Waals surface area contributed by atoms with Crippen LogP contribution in [-0.2, 0) is 16.1 Å². The Kier molecular flexibility index (Phi) is 8.29. The van der Waals surface area contributed by atoms with Gasteiger partial charge in [0, 0.05) is 31.7 Å². The van der Waals surface area contributed by atoms with Gasteiger partial charge in [0.1, 0.15) is 0 Å². The Balaban J connectivity index is 1.40. The zero-order chi connectivity index (χ0) is 23.8. The number of rotatable bonds is 8. The number of para-hydroxylation sites is 1. The Labute approximate surface area is 201 Å². The third kappa shape index (κ3) is 6.22. The van der Waals surface area contributed by atoms with E-state index >= 15 is 0 Å². The fourth-order valence-corrected chi connectivity index (χ4v) is 4.51. The van der Waals surface area contributed by atoms with Crippen LogP contribution in [-0.4, -0.2) is 64.9 Å². The zero-order valence-corrected chi connectivity index (χ0v) is 19.6. The molecule has 2 N–H and O–H groups in total. The highest BCUT2D eigenvalue weighted by Crippen LogP contribution is 2.18. The molecule has 178 valence electrons. The molecule has 2 heterocycles. The predicted molar refractivity (Wildman–Crippen MR) is 131 cm³/mol. The Morgan fingerprint density at radius 1 is 0.971 bits per heavy atom. The number of nitrogens with zero attached hydrogens (tertiary/aromatic N) is 3. The van der Waals surface area contributed by atoms with E-state index < -0.39 is 11.8 Å². The van der Waals surface area contributed by atoms with Crippen molar-refractivity contribution in [2.45, 2.75) is 18.1 Å². The van der Waals surface area contributed by atoms with Gasteiger partial charge in [-0.05, 0) is 30.7 Å². The number of thioether (sulfide) groups is 1. The highest BCUT2D eigenvalue weighted by atomic mass is 32.2. The van der Waals surface area contributed by atoms with Crippen LogP contribution < -0.4 is 16.4 Å². The van der Waals surface area contributed by atoms with Gasteiger partial charge in [-0.3, -0.25) is 34.7 Å². The number of fused-ring (bicyclic) bond motifs is 1. The van der Waals surface area contributed by atoms with Crippen LogP contribution in [0.15, 0.2) is 64.5 Å². The van der Waals surface area contributed by atoms with Crippen molar-refractivity contribution >= 4 is 34.5 Å². The topological polar surface area (TPSA) is 106 Å². The molecule has 9 nitrogen and oxygen atoms in total. The molecule has 0 aliphatic carbocycles. The van der Waals surface area contributed by atoms with E-state index in [9.17, 15) is 14.4 Å². The van der Waals surface area contributed by atoms with Gasteiger partial charge in [-0.1, -0.05) is 42.1 Å². The summed E-state index contributed by atoms with van der Waals surface area (Å²) in [5.41, 5.74) is 5.74. The van der Waals surface area contributed by atoms with Crippen LogP contribution in [0.5, 0.6) is 0 Å². The number of carbonyl (C=O) groups is 2. The first-order chi connectivity index (χ1) is 16.6. The van der Waals surface area contributed by atoms with Crippen molar-refractivity contribution in [3.05, 3.63) is 70.5 Å². The average Bonchev–Trinajstić information content (AvgIpc) is 2.88. The van der Waals surface area contributed by atoms with Crippen LogP contribution in [0.3, 0.4) is 0 Å². The molecule has 0 atom stereocenters. The smallest absolute Gasteiger partial charge is 0.269 e. The molecule has 0 radical (unpaired) electrons. The van der Waals surface area contributed by atoms with E-state index in [0.717, 1.165) is 39.3 Å². The van der Waals surface area contributed by atoms with Crippen LogP contribution in [0.4, 0.5) is 0 Å². The summed E-state index contributed by atoms with van der Waals surface area (Å²) in [6, 6.07) is 15.8. The van der Waals surface area contributed by atoms with Crippen molar-refractivity contribution in [2.75, 3.05) is 38.6 Å². The van der Waals surface area contributed by atoms with Crippen LogP contribution in [0, 0.1) is 0 Å². The fourth-order valence-electron chi connectivity index (χ4n) is 3.69. The SMILES string of the molecule is O=C(CSc1nc2ccccc2c(=O)n1CCCN1CCOCC1)NNC(=O)c1ccccc1. The number of morpholine rings is 1. The number of carbonyl (C=O) groups excluding carboxylic acids is 2. The summed E-state index contributed by atoms with van der Waals surface area (Å²) >= 11 is 1.17. The molecule has 0 bridgehead atoms. The number of aromatic nitrogens is 2. The van der Waals surface area contributed by atoms with Crippen LogP contribution in [0.1, 0.15) is 16.8 Å². The maximum absolute atomic E-state index is 13.2. The Morgan fingerprint density at radius 3 is 2.50 bits per heavy atom. The monoisotopic (exact) mass is 481 g/mol. The fraction of sp³-hybridized carbons (Fsp3) is 0.333. The third-order valence-electron chi connectivity index (χ3n) is 5.47. The van der Waals surface area contributed by atoms with Crippen molar-refractivity contribution < 1.29 is 14.3 Å². The molecular weight excluding hydrogens is 454 g/mol. The number of ether oxygens (including phenoxy) is 1. The highest BCUT2D eigenvalue weighted by Gasteiger charge is 2.15. The van der Waals surface area contributed by atoms with E-state index in [1.807, 2.05) is 18.2 Å². The van der Waals surface area contributed by atoms with Crippen LogP contribution in [0.2, 0.25) is 0 Å². The average molecular weight is 482 g/mol. The normalized spacial score (nSPS) is 14.1. The first kappa shape index (κ1) is 23.9. The molecule has 0 unspecified atom stereocenters. The van der Waals surface area contributed by atoms with Crippen molar-refractivity contribution in [1.82, 2.24) is 25.3 Å². The van der Waals surface area contributed by atoms with Crippen LogP contribution >= 0.6 is 11.8 Å². The number of benzene rings is 2. The summed E-state index contributed by atoms with van der Waals surface area (Å²) in [5.74, 6) is -0.789. The number of hydrogen-bond acceptors (Lipinski definition) is 7. The number of amides is 2. The number of nitrogens with one attached hydrogen (secondary N) is 2. The minimum Gasteiger partial charge on any atom is -0.379 e. The van der Waals surface area contributed by atoms with Gasteiger partial charge >= 0.3 is 0 Å². The maximum Gasteiger partial charge on any atom is 0.269 e. The Hall–Kier alpha value is -3.21. The van der Waals surface area contributed by atoms with Crippen LogP contribution in [0.25, 0.3) is 10.9 Å². The first-order valence-electron chi connectivity index (χ1n) is 11.2. The molecule has 0 spiro atoms. The summed E-state index contributed by atoms with van der Waals surface area (Å²) in [5, 5.41) is 1.04. The van der Waals surface area contributed by atoms with Gasteiger partial charge in [-0.2, -0.15) is 0 Å². The summed E-state index contributed by atoms with van der Waals surface area (Å²) in [4.78, 5) is 44.6. The Bertz CT molecular complexity index is 1190. The predicted octanol–water partition coefficient (Wildman–Crippen LogP) is 1.67. The molecule has 1 aliphatic heterocycles. The van der Waals surface area contributed by atoms with Gasteiger partial charge in [-0.15, -0.1) is 0 Å². The van der Waals surface area contributed by atoms with Crippen molar-refractivity contribution in [3.63, 3.8) is 0 Å². The molecule has 3 aromatic rings. The molecule has 1 saturated heterocycles. The second-order valence-corrected chi connectivity index (χ2v) is 8.78. The zero-order valence-electron chi connectivity index (χ0n) is 18.7. The lowest BCUT2D eigenvalue weighted by Crippen LogP contribution is -2.42. The van der Waals surface area contributed by atoms with Gasteiger partial charge in [0.2, 0.25) is 5.91 Å². The second-order valence-electron chi connectivity index (χ2n) is 7.83. The maximum atomic E-state index is 13.2. The molecule has 4 rings (SSSR count). The van der Waals surface area contributed by atoms with Gasteiger partial charge in [0.05, 0.1) is 29.9 Å². The van der Waals surface area contributed by atoms with Crippen molar-refractivity contribution in [3.8, 4) is 0 Å². The second kappa shape index (κ2) is 11.8. The van der Waals surface area contributed by atoms with Gasteiger partial charge in [0.25, 0.3) is 11.5 Å². The molecular formula is C24H27N5O4S. The highest BCUT2D eigenvalue weighted by molar-refractivity contribution is 7.99. The number of hydrogen-bond donors (Lipinski definition) is 2. The van der Waals surface area contributed by atoms with E-state index in [2.05, 4.69) is 20.7 Å². The molecule has 1 aromatic heterocycles. The summed E-state index contributed by atoms with van der Waals surface area (Å²) < 4.78 is 7.03. The van der Waals surface area contributed by atoms with Gasteiger partial charge in [0.15, 0.2) is 5.16 Å². The minimum atomic E-state index is -0.400. The quantitative estimate of drug-likeness (QED) is 0.286. The lowest BCUT2D eigenvalue weighted by atomic mass is 10.2. The summed E-state index contributed by atoms with van der Waals surface area (Å²) in [7, 11) is 0. The van der Waals surface area contributed by atoms with Crippen molar-refractivity contribution in [2.24, 2.45) is 0 Å². The summed E-state index contributed by atoms with van der Waals surface area (Å²) in [6.45, 7) is 4.60. The van der Waals surface area contributed by atoms with E-state index in [-0.39, 0.29) is 11.3 Å². The molecule has 34 heavy (non-hydrogen) atoms. The molecule has 10 heteroatoms. The summed E-state index contributed by atoms with van der Waals surface area (Å²) in [6.07, 6.45) is 0.785. The molecule has 2 amide bonds. The Morgan fingerprint density at radius 2 is 1.71 bits per heavy atom. The van der Waals surface area contributed by atoms with E-state index in [4.69, 9.17) is 4.74 Å². The largest absolute Gasteiger partial charge is 0.379 e. The molecule has 0 saturated carbocycles. The molecule has 1 fully saturated rings. The third-order valence-corrected chi connectivity index (χ3v) is 6.45. The number of hydrazine groups is 1. The van der Waals surface area contributed by atoms with E-state index in [1.54, 1.807) is 41.0 Å². The molecule has 1 aliphatic rings. The first-order valence-corrected chi connectivity index (χ1v) is 12.2. The lowest BCUT2D eigenvalue weighted by molar-refractivity contribution is -0.119. The minimum absolute atomic E-state index is 0.00329. The molecule has 2 aromatic carbocycles.